The first-order valence-electron chi connectivity index (χ1n) is 4.74. The SMILES string of the molecule is CSCCC(CO)NC(C)CC(N)=O. The van der Waals surface area contributed by atoms with Crippen molar-refractivity contribution in [2.24, 2.45) is 5.73 Å². The van der Waals surface area contributed by atoms with E-state index in [1.54, 1.807) is 11.8 Å². The summed E-state index contributed by atoms with van der Waals surface area (Å²) in [5.41, 5.74) is 5.07. The van der Waals surface area contributed by atoms with E-state index in [0.29, 0.717) is 6.42 Å². The van der Waals surface area contributed by atoms with Gasteiger partial charge < -0.3 is 16.2 Å². The van der Waals surface area contributed by atoms with Crippen LogP contribution in [0.3, 0.4) is 0 Å². The molecule has 4 N–H and O–H groups in total. The van der Waals surface area contributed by atoms with E-state index in [1.165, 1.54) is 0 Å². The Balaban J connectivity index is 3.73. The number of hydrogen-bond donors (Lipinski definition) is 3. The van der Waals surface area contributed by atoms with Crippen molar-refractivity contribution in [2.45, 2.75) is 31.8 Å². The minimum Gasteiger partial charge on any atom is -0.395 e. The van der Waals surface area contributed by atoms with Crippen molar-refractivity contribution in [3.8, 4) is 0 Å². The van der Waals surface area contributed by atoms with Gasteiger partial charge in [-0.3, -0.25) is 4.79 Å². The summed E-state index contributed by atoms with van der Waals surface area (Å²) >= 11 is 1.74. The van der Waals surface area contributed by atoms with Crippen molar-refractivity contribution in [3.63, 3.8) is 0 Å². The lowest BCUT2D eigenvalue weighted by Crippen LogP contribution is -2.41. The van der Waals surface area contributed by atoms with Crippen LogP contribution in [0.5, 0.6) is 0 Å². The number of carbonyl (C=O) groups excluding carboxylic acids is 1. The van der Waals surface area contributed by atoms with Gasteiger partial charge in [0, 0.05) is 18.5 Å². The van der Waals surface area contributed by atoms with E-state index in [-0.39, 0.29) is 24.6 Å². The Hall–Kier alpha value is -0.260. The molecule has 0 bridgehead atoms. The first kappa shape index (κ1) is 13.7. The molecule has 0 aromatic heterocycles. The molecule has 0 rings (SSSR count). The molecule has 0 radical (unpaired) electrons. The molecular weight excluding hydrogens is 200 g/mol. The van der Waals surface area contributed by atoms with Crippen molar-refractivity contribution in [2.75, 3.05) is 18.6 Å². The minimum atomic E-state index is -0.313. The predicted octanol–water partition coefficient (Wildman–Crippen LogP) is -0.0461. The van der Waals surface area contributed by atoms with Crippen LogP contribution in [0.4, 0.5) is 0 Å². The standard InChI is InChI=1S/C9H20N2O2S/c1-7(5-9(10)13)11-8(6-12)3-4-14-2/h7-8,11-12H,3-6H2,1-2H3,(H2,10,13). The Bertz CT molecular complexity index is 167. The maximum absolute atomic E-state index is 10.6. The van der Waals surface area contributed by atoms with Crippen LogP contribution in [0, 0.1) is 0 Å². The molecule has 14 heavy (non-hydrogen) atoms. The molecule has 0 aromatic carbocycles. The first-order chi connectivity index (χ1) is 6.60. The van der Waals surface area contributed by atoms with E-state index in [9.17, 15) is 4.79 Å². The van der Waals surface area contributed by atoms with E-state index < -0.39 is 0 Å². The molecule has 0 aliphatic rings. The smallest absolute Gasteiger partial charge is 0.218 e. The predicted molar refractivity (Wildman–Crippen MR) is 60.3 cm³/mol. The number of nitrogens with two attached hydrogens (primary N) is 1. The lowest BCUT2D eigenvalue weighted by molar-refractivity contribution is -0.118. The number of amides is 1. The van der Waals surface area contributed by atoms with Gasteiger partial charge in [-0.15, -0.1) is 0 Å². The highest BCUT2D eigenvalue weighted by Crippen LogP contribution is 2.02. The fraction of sp³-hybridized carbons (Fsp3) is 0.889. The third-order valence-electron chi connectivity index (χ3n) is 1.92. The van der Waals surface area contributed by atoms with Crippen LogP contribution in [0.25, 0.3) is 0 Å². The van der Waals surface area contributed by atoms with Crippen LogP contribution in [-0.4, -0.2) is 41.7 Å². The van der Waals surface area contributed by atoms with Gasteiger partial charge in [0.25, 0.3) is 0 Å². The van der Waals surface area contributed by atoms with Crippen LogP contribution >= 0.6 is 11.8 Å². The van der Waals surface area contributed by atoms with E-state index in [1.807, 2.05) is 13.2 Å². The molecule has 0 fully saturated rings. The molecule has 1 amide bonds. The second kappa shape index (κ2) is 8.08. The summed E-state index contributed by atoms with van der Waals surface area (Å²) in [5, 5.41) is 12.2. The third kappa shape index (κ3) is 7.17. The number of rotatable bonds is 8. The van der Waals surface area contributed by atoms with Crippen LogP contribution in [0.15, 0.2) is 0 Å². The Morgan fingerprint density at radius 3 is 2.71 bits per heavy atom. The van der Waals surface area contributed by atoms with E-state index in [2.05, 4.69) is 5.32 Å². The molecule has 84 valence electrons. The van der Waals surface area contributed by atoms with E-state index >= 15 is 0 Å². The Morgan fingerprint density at radius 1 is 1.64 bits per heavy atom. The largest absolute Gasteiger partial charge is 0.395 e. The monoisotopic (exact) mass is 220 g/mol. The fourth-order valence-electron chi connectivity index (χ4n) is 1.25. The summed E-state index contributed by atoms with van der Waals surface area (Å²) < 4.78 is 0. The Kier molecular flexibility index (Phi) is 7.93. The molecule has 2 atom stereocenters. The second-order valence-electron chi connectivity index (χ2n) is 3.40. The molecule has 0 aromatic rings. The molecule has 5 heteroatoms. The average molecular weight is 220 g/mol. The molecule has 4 nitrogen and oxygen atoms in total. The van der Waals surface area contributed by atoms with Gasteiger partial charge in [-0.25, -0.2) is 0 Å². The quantitative estimate of drug-likeness (QED) is 0.536. The lowest BCUT2D eigenvalue weighted by atomic mass is 10.1. The van der Waals surface area contributed by atoms with Crippen molar-refractivity contribution in [3.05, 3.63) is 0 Å². The first-order valence-corrected chi connectivity index (χ1v) is 6.13. The van der Waals surface area contributed by atoms with Gasteiger partial charge in [-0.05, 0) is 25.4 Å². The van der Waals surface area contributed by atoms with Gasteiger partial charge >= 0.3 is 0 Å². The summed E-state index contributed by atoms with van der Waals surface area (Å²) in [6, 6.07) is 0.100. The highest BCUT2D eigenvalue weighted by atomic mass is 32.2. The molecule has 0 saturated heterocycles. The summed E-state index contributed by atoms with van der Waals surface area (Å²) in [7, 11) is 0. The minimum absolute atomic E-state index is 0.0338. The summed E-state index contributed by atoms with van der Waals surface area (Å²) in [6.07, 6.45) is 3.25. The number of nitrogens with one attached hydrogen (secondary N) is 1. The van der Waals surface area contributed by atoms with Gasteiger partial charge in [-0.2, -0.15) is 11.8 Å². The van der Waals surface area contributed by atoms with Gasteiger partial charge in [0.1, 0.15) is 0 Å². The van der Waals surface area contributed by atoms with Crippen LogP contribution in [0.2, 0.25) is 0 Å². The number of aliphatic hydroxyl groups excluding tert-OH is 1. The lowest BCUT2D eigenvalue weighted by Gasteiger charge is -2.20. The van der Waals surface area contributed by atoms with Crippen molar-refractivity contribution in [1.82, 2.24) is 5.32 Å². The zero-order valence-corrected chi connectivity index (χ0v) is 9.64. The van der Waals surface area contributed by atoms with E-state index in [4.69, 9.17) is 10.8 Å². The average Bonchev–Trinajstić information content (AvgIpc) is 2.10. The fourth-order valence-corrected chi connectivity index (χ4v) is 1.77. The topological polar surface area (TPSA) is 75.3 Å². The number of hydrogen-bond acceptors (Lipinski definition) is 4. The van der Waals surface area contributed by atoms with E-state index in [0.717, 1.165) is 12.2 Å². The van der Waals surface area contributed by atoms with Crippen molar-refractivity contribution < 1.29 is 9.90 Å². The highest BCUT2D eigenvalue weighted by Gasteiger charge is 2.12. The zero-order chi connectivity index (χ0) is 11.0. The highest BCUT2D eigenvalue weighted by molar-refractivity contribution is 7.98. The number of aliphatic hydroxyl groups is 1. The number of thioether (sulfide) groups is 1. The maximum atomic E-state index is 10.6. The Morgan fingerprint density at radius 2 is 2.29 bits per heavy atom. The van der Waals surface area contributed by atoms with Gasteiger partial charge in [0.05, 0.1) is 6.61 Å². The third-order valence-corrected chi connectivity index (χ3v) is 2.56. The molecule has 0 aliphatic heterocycles. The summed E-state index contributed by atoms with van der Waals surface area (Å²) in [5.74, 6) is 0.688. The maximum Gasteiger partial charge on any atom is 0.218 e. The number of carbonyl (C=O) groups is 1. The normalized spacial score (nSPS) is 15.1. The molecular formula is C9H20N2O2S. The Labute approximate surface area is 89.6 Å². The van der Waals surface area contributed by atoms with Gasteiger partial charge in [0.15, 0.2) is 0 Å². The molecule has 0 aliphatic carbocycles. The zero-order valence-electron chi connectivity index (χ0n) is 8.82. The molecule has 2 unspecified atom stereocenters. The van der Waals surface area contributed by atoms with Gasteiger partial charge in [-0.1, -0.05) is 0 Å². The van der Waals surface area contributed by atoms with Crippen LogP contribution in [-0.2, 0) is 4.79 Å². The summed E-state index contributed by atoms with van der Waals surface area (Å²) in [6.45, 7) is 2.00. The van der Waals surface area contributed by atoms with Gasteiger partial charge in [0.2, 0.25) is 5.91 Å². The second-order valence-corrected chi connectivity index (χ2v) is 4.38. The summed E-state index contributed by atoms with van der Waals surface area (Å²) in [4.78, 5) is 10.6. The van der Waals surface area contributed by atoms with Crippen LogP contribution in [0.1, 0.15) is 19.8 Å². The molecule has 0 heterocycles. The van der Waals surface area contributed by atoms with Crippen LogP contribution < -0.4 is 11.1 Å². The number of primary amides is 1. The van der Waals surface area contributed by atoms with Crippen molar-refractivity contribution in [1.29, 1.82) is 0 Å². The molecule has 0 spiro atoms. The molecule has 0 saturated carbocycles. The van der Waals surface area contributed by atoms with Crippen molar-refractivity contribution >= 4 is 17.7 Å².